The lowest BCUT2D eigenvalue weighted by molar-refractivity contribution is -0.157. The third-order valence-corrected chi connectivity index (χ3v) is 5.13. The topological polar surface area (TPSA) is 108 Å². The molecule has 0 fully saturated rings. The summed E-state index contributed by atoms with van der Waals surface area (Å²) in [6.45, 7) is -1.13. The van der Waals surface area contributed by atoms with E-state index in [1.54, 1.807) is 0 Å². The highest BCUT2D eigenvalue weighted by Gasteiger charge is 2.30. The number of nitrogens with one attached hydrogen (secondary N) is 1. The van der Waals surface area contributed by atoms with Crippen LogP contribution in [0, 0.1) is 0 Å². The molecule has 1 aromatic rings. The van der Waals surface area contributed by atoms with Crippen molar-refractivity contribution >= 4 is 44.9 Å². The average Bonchev–Trinajstić information content (AvgIpc) is 2.67. The van der Waals surface area contributed by atoms with Crippen molar-refractivity contribution in [2.24, 2.45) is 0 Å². The Hall–Kier alpha value is -1.46. The Labute approximate surface area is 178 Å². The number of alkyl halides is 3. The molecule has 0 spiro atoms. The number of halogens is 3. The number of benzene rings is 1. The monoisotopic (exact) mass is 473 g/mol. The van der Waals surface area contributed by atoms with Gasteiger partial charge in [0.1, 0.15) is 19.4 Å². The summed E-state index contributed by atoms with van der Waals surface area (Å²) >= 11 is 11.0. The van der Waals surface area contributed by atoms with E-state index in [-0.39, 0.29) is 23.7 Å². The number of amides is 1. The minimum Gasteiger partial charge on any atom is -0.453 e. The van der Waals surface area contributed by atoms with E-state index in [9.17, 15) is 22.4 Å². The maximum absolute atomic E-state index is 13.7. The zero-order chi connectivity index (χ0) is 22.0. The van der Waals surface area contributed by atoms with Crippen molar-refractivity contribution in [2.75, 3.05) is 39.9 Å². The first-order valence-corrected chi connectivity index (χ1v) is 11.1. The second-order valence-corrected chi connectivity index (χ2v) is 8.98. The number of carbonyl (C=O) groups excluding carboxylic acids is 2. The van der Waals surface area contributed by atoms with Crippen molar-refractivity contribution in [3.8, 4) is 0 Å². The minimum absolute atomic E-state index is 0.0247. The molecule has 0 aromatic heterocycles. The second-order valence-electron chi connectivity index (χ2n) is 5.87. The molecule has 0 saturated heterocycles. The first-order valence-electron chi connectivity index (χ1n) is 8.30. The van der Waals surface area contributed by atoms with Gasteiger partial charge in [0, 0.05) is 13.4 Å². The predicted molar refractivity (Wildman–Crippen MR) is 104 cm³/mol. The molecule has 0 unspecified atom stereocenters. The number of carbonyl (C=O) groups is 2. The van der Waals surface area contributed by atoms with Gasteiger partial charge in [0.25, 0.3) is 5.91 Å². The maximum atomic E-state index is 13.7. The highest BCUT2D eigenvalue weighted by Crippen LogP contribution is 2.24. The van der Waals surface area contributed by atoms with Gasteiger partial charge in [-0.25, -0.2) is 17.6 Å². The van der Waals surface area contributed by atoms with E-state index in [4.69, 9.17) is 37.4 Å². The lowest BCUT2D eigenvalue weighted by Gasteiger charge is -2.26. The van der Waals surface area contributed by atoms with Crippen LogP contribution in [0.2, 0.25) is 0 Å². The first kappa shape index (κ1) is 25.6. The molecule has 0 heterocycles. The quantitative estimate of drug-likeness (QED) is 0.279. The highest BCUT2D eigenvalue weighted by molar-refractivity contribution is 7.90. The molecule has 1 rings (SSSR count). The fourth-order valence-electron chi connectivity index (χ4n) is 2.20. The molecular weight excluding hydrogens is 452 g/mol. The molecule has 1 amide bonds. The Kier molecular flexibility index (Phi) is 10.8. The number of rotatable bonds is 12. The van der Waals surface area contributed by atoms with Gasteiger partial charge in [-0.1, -0.05) is 35.3 Å². The predicted octanol–water partition coefficient (Wildman–Crippen LogP) is 1.60. The van der Waals surface area contributed by atoms with Crippen LogP contribution in [-0.2, 0) is 33.6 Å². The lowest BCUT2D eigenvalue weighted by atomic mass is 10.0. The Morgan fingerprint density at radius 2 is 1.79 bits per heavy atom. The van der Waals surface area contributed by atoms with Gasteiger partial charge in [0.15, 0.2) is 14.7 Å². The molecule has 0 aliphatic rings. The number of hydrogen-bond donors (Lipinski definition) is 1. The molecule has 0 saturated carbocycles. The molecule has 1 N–H and O–H groups in total. The molecule has 1 aromatic carbocycles. The molecule has 0 bridgehead atoms. The van der Waals surface area contributed by atoms with Crippen molar-refractivity contribution in [3.05, 3.63) is 29.8 Å². The van der Waals surface area contributed by atoms with Crippen LogP contribution in [0.3, 0.4) is 0 Å². The fraction of sp³-hybridized carbons (Fsp3) is 0.529. The summed E-state index contributed by atoms with van der Waals surface area (Å²) in [4.78, 5) is 22.4. The molecule has 0 radical (unpaired) electrons. The van der Waals surface area contributed by atoms with Crippen LogP contribution in [-0.4, -0.2) is 71.0 Å². The van der Waals surface area contributed by atoms with Gasteiger partial charge in [-0.2, -0.15) is 0 Å². The Morgan fingerprint density at radius 3 is 2.28 bits per heavy atom. The first-order chi connectivity index (χ1) is 13.6. The molecule has 0 aliphatic carbocycles. The summed E-state index contributed by atoms with van der Waals surface area (Å²) < 4.78 is 52.0. The highest BCUT2D eigenvalue weighted by atomic mass is 35.5. The van der Waals surface area contributed by atoms with Crippen LogP contribution in [0.5, 0.6) is 0 Å². The minimum atomic E-state index is -3.46. The van der Waals surface area contributed by atoms with E-state index in [1.165, 1.54) is 31.4 Å². The largest absolute Gasteiger partial charge is 0.453 e. The summed E-state index contributed by atoms with van der Waals surface area (Å²) in [5.41, 5.74) is 0.256. The number of hydrogen-bond acceptors (Lipinski definition) is 7. The summed E-state index contributed by atoms with van der Waals surface area (Å²) in [6, 6.07) is 3.96. The summed E-state index contributed by atoms with van der Waals surface area (Å²) in [5, 5.41) is 2.26. The van der Waals surface area contributed by atoms with Gasteiger partial charge in [-0.3, -0.25) is 4.79 Å². The van der Waals surface area contributed by atoms with Crippen LogP contribution in [0.25, 0.3) is 0 Å². The van der Waals surface area contributed by atoms with Gasteiger partial charge in [0.05, 0.1) is 24.2 Å². The van der Waals surface area contributed by atoms with Crippen molar-refractivity contribution in [1.82, 2.24) is 5.32 Å². The fourth-order valence-corrected chi connectivity index (χ4v) is 2.96. The second kappa shape index (κ2) is 12.3. The molecular formula is C17H22Cl2FNO7S. The molecule has 29 heavy (non-hydrogen) atoms. The van der Waals surface area contributed by atoms with E-state index in [0.29, 0.717) is 0 Å². The van der Waals surface area contributed by atoms with E-state index < -0.39 is 52.0 Å². The molecule has 2 atom stereocenters. The van der Waals surface area contributed by atoms with E-state index in [1.807, 2.05) is 0 Å². The van der Waals surface area contributed by atoms with Crippen molar-refractivity contribution in [3.63, 3.8) is 0 Å². The Morgan fingerprint density at radius 1 is 1.17 bits per heavy atom. The van der Waals surface area contributed by atoms with Crippen molar-refractivity contribution in [1.29, 1.82) is 0 Å². The molecule has 8 nitrogen and oxygen atoms in total. The lowest BCUT2D eigenvalue weighted by Crippen LogP contribution is -2.44. The summed E-state index contributed by atoms with van der Waals surface area (Å²) in [7, 11) is -1.99. The van der Waals surface area contributed by atoms with Gasteiger partial charge in [-0.05, 0) is 17.7 Å². The summed E-state index contributed by atoms with van der Waals surface area (Å²) in [5.74, 6) is -1.69. The SMILES string of the molecule is COCCOCC(=O)O[C@H](c1ccc(S(C)(=O)=O)cc1)[C@@H](CF)NC(=O)C(Cl)Cl. The number of ether oxygens (including phenoxy) is 3. The van der Waals surface area contributed by atoms with Crippen molar-refractivity contribution in [2.45, 2.75) is 21.9 Å². The Bertz CT molecular complexity index is 774. The van der Waals surface area contributed by atoms with E-state index >= 15 is 0 Å². The third-order valence-electron chi connectivity index (χ3n) is 3.60. The maximum Gasteiger partial charge on any atom is 0.332 e. The van der Waals surface area contributed by atoms with E-state index in [0.717, 1.165) is 6.26 Å². The van der Waals surface area contributed by atoms with Gasteiger partial charge < -0.3 is 19.5 Å². The van der Waals surface area contributed by atoms with Crippen LogP contribution < -0.4 is 5.32 Å². The van der Waals surface area contributed by atoms with Gasteiger partial charge in [0.2, 0.25) is 0 Å². The molecule has 0 aliphatic heterocycles. The smallest absolute Gasteiger partial charge is 0.332 e. The number of esters is 1. The number of methoxy groups -OCH3 is 1. The average molecular weight is 474 g/mol. The molecule has 12 heteroatoms. The third kappa shape index (κ3) is 8.83. The van der Waals surface area contributed by atoms with Crippen LogP contribution in [0.15, 0.2) is 29.2 Å². The summed E-state index contributed by atoms with van der Waals surface area (Å²) in [6.07, 6.45) is -0.245. The van der Waals surface area contributed by atoms with Crippen LogP contribution >= 0.6 is 23.2 Å². The molecule has 164 valence electrons. The van der Waals surface area contributed by atoms with E-state index in [2.05, 4.69) is 5.32 Å². The zero-order valence-electron chi connectivity index (χ0n) is 15.8. The Balaban J connectivity index is 3.06. The number of sulfone groups is 1. The normalized spacial score (nSPS) is 13.7. The van der Waals surface area contributed by atoms with Gasteiger partial charge in [-0.15, -0.1) is 0 Å². The van der Waals surface area contributed by atoms with Crippen LogP contribution in [0.1, 0.15) is 11.7 Å². The standard InChI is InChI=1S/C17H22Cl2FNO7S/c1-26-7-8-27-10-14(22)28-15(13(9-20)21-17(23)16(18)19)11-3-5-12(6-4-11)29(2,24)25/h3-6,13,15-16H,7-10H2,1-2H3,(H,21,23)/t13-,15-/m1/s1. The van der Waals surface area contributed by atoms with Gasteiger partial charge >= 0.3 is 5.97 Å². The van der Waals surface area contributed by atoms with Crippen molar-refractivity contribution < 1.29 is 36.6 Å². The zero-order valence-corrected chi connectivity index (χ0v) is 18.1. The van der Waals surface area contributed by atoms with Crippen LogP contribution in [0.4, 0.5) is 4.39 Å².